The van der Waals surface area contributed by atoms with Crippen LogP contribution >= 0.6 is 11.6 Å². The Labute approximate surface area is 275 Å². The van der Waals surface area contributed by atoms with Crippen molar-refractivity contribution >= 4 is 39.1 Å². The van der Waals surface area contributed by atoms with Gasteiger partial charge in [0.15, 0.2) is 11.5 Å². The highest BCUT2D eigenvalue weighted by Gasteiger charge is 2.35. The van der Waals surface area contributed by atoms with Gasteiger partial charge in [-0.3, -0.25) is 13.9 Å². The Hall–Kier alpha value is -4.54. The molecule has 1 unspecified atom stereocenters. The Bertz CT molecular complexity index is 1750. The van der Waals surface area contributed by atoms with Gasteiger partial charge in [-0.15, -0.1) is 0 Å². The van der Waals surface area contributed by atoms with Crippen LogP contribution in [-0.2, 0) is 32.6 Å². The number of carbonyl (C=O) groups excluding carboxylic acids is 2. The highest BCUT2D eigenvalue weighted by molar-refractivity contribution is 7.92. The van der Waals surface area contributed by atoms with Crippen molar-refractivity contribution in [2.45, 2.75) is 37.8 Å². The molecule has 0 aliphatic rings. The summed E-state index contributed by atoms with van der Waals surface area (Å²) in [4.78, 5) is 29.6. The van der Waals surface area contributed by atoms with E-state index in [0.29, 0.717) is 22.9 Å². The normalized spacial score (nSPS) is 11.8. The minimum absolute atomic E-state index is 0.00615. The van der Waals surface area contributed by atoms with Gasteiger partial charge in [-0.25, -0.2) is 8.42 Å². The van der Waals surface area contributed by atoms with Crippen molar-refractivity contribution < 1.29 is 27.5 Å². The fraction of sp³-hybridized carbons (Fsp3) is 0.257. The minimum Gasteiger partial charge on any atom is -0.493 e. The fourth-order valence-electron chi connectivity index (χ4n) is 5.02. The molecule has 0 fully saturated rings. The number of sulfonamides is 1. The number of amides is 2. The predicted molar refractivity (Wildman–Crippen MR) is 180 cm³/mol. The van der Waals surface area contributed by atoms with Crippen molar-refractivity contribution in [2.75, 3.05) is 31.6 Å². The minimum atomic E-state index is -4.27. The number of hydrogen-bond donors (Lipinski definition) is 1. The lowest BCUT2D eigenvalue weighted by atomic mass is 10.0. The summed E-state index contributed by atoms with van der Waals surface area (Å²) in [5, 5.41) is 3.32. The summed E-state index contributed by atoms with van der Waals surface area (Å²) < 4.78 is 40.3. The first-order valence-corrected chi connectivity index (χ1v) is 16.6. The van der Waals surface area contributed by atoms with Gasteiger partial charge in [-0.2, -0.15) is 0 Å². The lowest BCUT2D eigenvalue weighted by Crippen LogP contribution is -2.53. The van der Waals surface area contributed by atoms with E-state index in [1.807, 2.05) is 37.3 Å². The number of nitrogens with one attached hydrogen (secondary N) is 1. The van der Waals surface area contributed by atoms with Crippen LogP contribution in [0.1, 0.15) is 23.6 Å². The number of nitrogens with zero attached hydrogens (tertiary/aromatic N) is 2. The first kappa shape index (κ1) is 34.3. The number of hydrogen-bond acceptors (Lipinski definition) is 6. The predicted octanol–water partition coefficient (Wildman–Crippen LogP) is 5.64. The summed E-state index contributed by atoms with van der Waals surface area (Å²) in [5.74, 6) is -0.262. The van der Waals surface area contributed by atoms with Gasteiger partial charge in [0.2, 0.25) is 11.8 Å². The molecule has 4 aromatic carbocycles. The van der Waals surface area contributed by atoms with Crippen LogP contribution in [0.4, 0.5) is 5.69 Å². The first-order chi connectivity index (χ1) is 22.1. The number of ether oxygens (including phenoxy) is 2. The van der Waals surface area contributed by atoms with Gasteiger partial charge in [-0.1, -0.05) is 71.8 Å². The molecule has 0 saturated carbocycles. The molecule has 0 aliphatic heterocycles. The second-order valence-electron chi connectivity index (χ2n) is 10.6. The Morgan fingerprint density at radius 2 is 1.52 bits per heavy atom. The van der Waals surface area contributed by atoms with Crippen LogP contribution in [0.5, 0.6) is 11.5 Å². The molecule has 1 N–H and O–H groups in total. The van der Waals surface area contributed by atoms with Gasteiger partial charge in [-0.05, 0) is 61.4 Å². The Morgan fingerprint density at radius 1 is 0.848 bits per heavy atom. The van der Waals surface area contributed by atoms with E-state index in [4.69, 9.17) is 21.1 Å². The summed E-state index contributed by atoms with van der Waals surface area (Å²) in [6.45, 7) is 3.42. The second kappa shape index (κ2) is 15.6. The molecular formula is C35H38ClN3O6S. The van der Waals surface area contributed by atoms with Crippen LogP contribution < -0.4 is 19.1 Å². The summed E-state index contributed by atoms with van der Waals surface area (Å²) in [6.07, 6.45) is 0.208. The summed E-state index contributed by atoms with van der Waals surface area (Å²) in [7, 11) is -1.35. The summed E-state index contributed by atoms with van der Waals surface area (Å²) in [6, 6.07) is 26.4. The van der Waals surface area contributed by atoms with Gasteiger partial charge in [0.1, 0.15) is 12.6 Å². The highest BCUT2D eigenvalue weighted by Crippen LogP contribution is 2.34. The lowest BCUT2D eigenvalue weighted by Gasteiger charge is -2.34. The largest absolute Gasteiger partial charge is 0.493 e. The number of methoxy groups -OCH3 is 2. The zero-order valence-corrected chi connectivity index (χ0v) is 27.8. The van der Waals surface area contributed by atoms with Crippen molar-refractivity contribution in [2.24, 2.45) is 0 Å². The Morgan fingerprint density at radius 3 is 2.15 bits per heavy atom. The fourth-order valence-corrected chi connectivity index (χ4v) is 6.64. The SMILES string of the molecule is CCNC(=O)C(Cc1ccccc1)N(Cc1cccc(Cl)c1)C(=O)CN(c1ccc(OC)c(OC)c1)S(=O)(=O)c1ccc(C)cc1. The molecular weight excluding hydrogens is 626 g/mol. The topological polar surface area (TPSA) is 105 Å². The van der Waals surface area contributed by atoms with E-state index in [1.165, 1.54) is 37.3 Å². The summed E-state index contributed by atoms with van der Waals surface area (Å²) in [5.41, 5.74) is 2.59. The van der Waals surface area contributed by atoms with E-state index in [2.05, 4.69) is 5.32 Å². The smallest absolute Gasteiger partial charge is 0.264 e. The van der Waals surface area contributed by atoms with Crippen LogP contribution in [0.3, 0.4) is 0 Å². The van der Waals surface area contributed by atoms with Gasteiger partial charge >= 0.3 is 0 Å². The first-order valence-electron chi connectivity index (χ1n) is 14.7. The number of likely N-dealkylation sites (N-methyl/N-ethyl adjacent to an activating group) is 1. The molecule has 0 saturated heterocycles. The van der Waals surface area contributed by atoms with Crippen molar-refractivity contribution in [1.29, 1.82) is 0 Å². The third-order valence-corrected chi connectivity index (χ3v) is 9.43. The van der Waals surface area contributed by atoms with Crippen LogP contribution in [0.25, 0.3) is 0 Å². The molecule has 0 spiro atoms. The lowest BCUT2D eigenvalue weighted by molar-refractivity contribution is -0.140. The van der Waals surface area contributed by atoms with Gasteiger partial charge in [0, 0.05) is 30.6 Å². The maximum atomic E-state index is 14.5. The number of rotatable bonds is 14. The van der Waals surface area contributed by atoms with E-state index in [9.17, 15) is 18.0 Å². The van der Waals surface area contributed by atoms with E-state index in [-0.39, 0.29) is 35.2 Å². The van der Waals surface area contributed by atoms with E-state index < -0.39 is 28.5 Å². The average molecular weight is 664 g/mol. The van der Waals surface area contributed by atoms with E-state index in [1.54, 1.807) is 55.5 Å². The van der Waals surface area contributed by atoms with Crippen molar-refractivity contribution in [3.63, 3.8) is 0 Å². The van der Waals surface area contributed by atoms with E-state index >= 15 is 0 Å². The number of anilines is 1. The molecule has 2 amide bonds. The van der Waals surface area contributed by atoms with Crippen LogP contribution in [-0.4, -0.2) is 58.5 Å². The van der Waals surface area contributed by atoms with Crippen molar-refractivity contribution in [3.05, 3.63) is 119 Å². The Kier molecular flexibility index (Phi) is 11.7. The molecule has 4 aromatic rings. The standard InChI is InChI=1S/C35H38ClN3O6S/c1-5-37-35(41)31(21-26-10-7-6-8-11-26)38(23-27-12-9-13-28(36)20-27)34(40)24-39(29-16-19-32(44-3)33(22-29)45-4)46(42,43)30-17-14-25(2)15-18-30/h6-20,22,31H,5,21,23-24H2,1-4H3,(H,37,41). The molecule has 0 heterocycles. The molecule has 46 heavy (non-hydrogen) atoms. The third kappa shape index (κ3) is 8.38. The van der Waals surface area contributed by atoms with Crippen molar-refractivity contribution in [3.8, 4) is 11.5 Å². The highest BCUT2D eigenvalue weighted by atomic mass is 35.5. The number of benzene rings is 4. The molecule has 11 heteroatoms. The van der Waals surface area contributed by atoms with Gasteiger partial charge < -0.3 is 19.7 Å². The number of halogens is 1. The molecule has 4 rings (SSSR count). The van der Waals surface area contributed by atoms with Crippen LogP contribution in [0.2, 0.25) is 5.02 Å². The third-order valence-electron chi connectivity index (χ3n) is 7.41. The zero-order valence-electron chi connectivity index (χ0n) is 26.3. The van der Waals surface area contributed by atoms with Gasteiger partial charge in [0.25, 0.3) is 10.0 Å². The Balaban J connectivity index is 1.83. The molecule has 0 aliphatic carbocycles. The zero-order chi connectivity index (χ0) is 33.3. The summed E-state index contributed by atoms with van der Waals surface area (Å²) >= 11 is 6.29. The maximum Gasteiger partial charge on any atom is 0.264 e. The average Bonchev–Trinajstić information content (AvgIpc) is 3.05. The maximum absolute atomic E-state index is 14.5. The molecule has 0 aromatic heterocycles. The van der Waals surface area contributed by atoms with Gasteiger partial charge in [0.05, 0.1) is 24.8 Å². The monoisotopic (exact) mass is 663 g/mol. The van der Waals surface area contributed by atoms with E-state index in [0.717, 1.165) is 15.4 Å². The molecule has 0 radical (unpaired) electrons. The van der Waals surface area contributed by atoms with Crippen LogP contribution in [0.15, 0.2) is 102 Å². The quantitative estimate of drug-likeness (QED) is 0.187. The van der Waals surface area contributed by atoms with Crippen molar-refractivity contribution in [1.82, 2.24) is 10.2 Å². The molecule has 9 nitrogen and oxygen atoms in total. The molecule has 242 valence electrons. The second-order valence-corrected chi connectivity index (χ2v) is 12.9. The molecule has 1 atom stereocenters. The number of aryl methyl sites for hydroxylation is 1. The number of carbonyl (C=O) groups is 2. The van der Waals surface area contributed by atoms with Crippen LogP contribution in [0, 0.1) is 6.92 Å². The molecule has 0 bridgehead atoms.